The van der Waals surface area contributed by atoms with Crippen LogP contribution in [-0.4, -0.2) is 105 Å². The Morgan fingerprint density at radius 1 is 0.844 bits per heavy atom. The maximum Gasteiger partial charge on any atom is 0.490 e. The van der Waals surface area contributed by atoms with Crippen molar-refractivity contribution < 1.29 is 55.5 Å². The zero-order chi connectivity index (χ0) is 33.4. The lowest BCUT2D eigenvalue weighted by molar-refractivity contribution is -0.193. The van der Waals surface area contributed by atoms with Gasteiger partial charge in [-0.3, -0.25) is 0 Å². The SMILES string of the molecule is CN1CCC(NC(=O)N2CCC(c3nc(-c4ccc5ccccc5n4)no3)CC2)CC1.O=C(O)C(F)(F)F.O=C(O)C(F)(F)F. The van der Waals surface area contributed by atoms with Crippen LogP contribution >= 0.6 is 0 Å². The number of hydrogen-bond donors (Lipinski definition) is 3. The number of carbonyl (C=O) groups is 3. The molecule has 2 aliphatic heterocycles. The molecule has 0 saturated carbocycles. The summed E-state index contributed by atoms with van der Waals surface area (Å²) >= 11 is 0. The van der Waals surface area contributed by atoms with Gasteiger partial charge in [0.2, 0.25) is 11.7 Å². The van der Waals surface area contributed by atoms with Crippen molar-refractivity contribution in [1.82, 2.24) is 30.2 Å². The van der Waals surface area contributed by atoms with Crippen LogP contribution in [0.2, 0.25) is 0 Å². The number of rotatable bonds is 3. The van der Waals surface area contributed by atoms with Crippen LogP contribution in [0.5, 0.6) is 0 Å². The van der Waals surface area contributed by atoms with E-state index >= 15 is 0 Å². The molecule has 2 aromatic heterocycles. The average Bonchev–Trinajstić information content (AvgIpc) is 3.48. The topological polar surface area (TPSA) is 162 Å². The number of piperidine rings is 2. The average molecular weight is 649 g/mol. The summed E-state index contributed by atoms with van der Waals surface area (Å²) in [4.78, 5) is 43.9. The first-order chi connectivity index (χ1) is 21.0. The molecule has 2 fully saturated rings. The number of alkyl halides is 6. The first-order valence-electron chi connectivity index (χ1n) is 13.6. The number of likely N-dealkylation sites (tertiary alicyclic amines) is 2. The molecule has 2 aliphatic rings. The van der Waals surface area contributed by atoms with E-state index in [0.29, 0.717) is 30.5 Å². The molecule has 45 heavy (non-hydrogen) atoms. The number of benzene rings is 1. The van der Waals surface area contributed by atoms with Crippen LogP contribution < -0.4 is 5.32 Å². The Labute approximate surface area is 252 Å². The number of carboxylic acids is 2. The quantitative estimate of drug-likeness (QED) is 0.344. The minimum absolute atomic E-state index is 0.0552. The van der Waals surface area contributed by atoms with E-state index in [-0.39, 0.29) is 18.0 Å². The standard InChI is InChI=1S/C23H28N6O2.2C2HF3O2/c1-28-12-10-18(11-13-28)24-23(30)29-14-8-17(9-15-29)22-26-21(27-31-22)20-7-6-16-4-2-3-5-19(16)25-20;2*3-2(4,5)1(6)7/h2-7,17-18H,8-15H2,1H3,(H,24,30);2*(H,6,7). The van der Waals surface area contributed by atoms with Crippen LogP contribution in [0.15, 0.2) is 40.9 Å². The van der Waals surface area contributed by atoms with Gasteiger partial charge in [-0.1, -0.05) is 29.4 Å². The number of aliphatic carboxylic acids is 2. The van der Waals surface area contributed by atoms with Gasteiger partial charge in [-0.15, -0.1) is 0 Å². The van der Waals surface area contributed by atoms with Gasteiger partial charge < -0.3 is 29.9 Å². The number of halogens is 6. The lowest BCUT2D eigenvalue weighted by atomic mass is 9.97. The molecular formula is C27H30F6N6O6. The summed E-state index contributed by atoms with van der Waals surface area (Å²) in [6, 6.07) is 12.3. The highest BCUT2D eigenvalue weighted by atomic mass is 19.4. The second kappa shape index (κ2) is 15.0. The van der Waals surface area contributed by atoms with Crippen LogP contribution in [0.1, 0.15) is 37.5 Å². The highest BCUT2D eigenvalue weighted by Crippen LogP contribution is 2.29. The summed E-state index contributed by atoms with van der Waals surface area (Å²) in [6.07, 6.45) is -6.47. The van der Waals surface area contributed by atoms with E-state index in [9.17, 15) is 31.1 Å². The van der Waals surface area contributed by atoms with Crippen molar-refractivity contribution in [2.45, 2.75) is 50.0 Å². The Balaban J connectivity index is 0.000000331. The van der Waals surface area contributed by atoms with Crippen molar-refractivity contribution in [2.24, 2.45) is 0 Å². The predicted octanol–water partition coefficient (Wildman–Crippen LogP) is 4.53. The molecule has 0 atom stereocenters. The number of hydrogen-bond acceptors (Lipinski definition) is 8. The van der Waals surface area contributed by atoms with E-state index in [1.165, 1.54) is 0 Å². The highest BCUT2D eigenvalue weighted by Gasteiger charge is 2.39. The number of para-hydroxylation sites is 1. The van der Waals surface area contributed by atoms with E-state index < -0.39 is 24.3 Å². The summed E-state index contributed by atoms with van der Waals surface area (Å²) in [5.74, 6) is -4.18. The molecule has 3 N–H and O–H groups in total. The molecule has 2 amide bonds. The maximum atomic E-state index is 12.6. The minimum Gasteiger partial charge on any atom is -0.475 e. The number of nitrogens with zero attached hydrogens (tertiary/aromatic N) is 5. The summed E-state index contributed by atoms with van der Waals surface area (Å²) in [5, 5.41) is 22.7. The Hall–Kier alpha value is -4.48. The fraction of sp³-hybridized carbons (Fsp3) is 0.481. The van der Waals surface area contributed by atoms with Crippen LogP contribution in [0.3, 0.4) is 0 Å². The Kier molecular flexibility index (Phi) is 11.7. The monoisotopic (exact) mass is 648 g/mol. The molecule has 18 heteroatoms. The molecule has 12 nitrogen and oxygen atoms in total. The van der Waals surface area contributed by atoms with Crippen LogP contribution in [0.25, 0.3) is 22.4 Å². The van der Waals surface area contributed by atoms with Gasteiger partial charge in [0.15, 0.2) is 0 Å². The summed E-state index contributed by atoms with van der Waals surface area (Å²) in [5.41, 5.74) is 1.62. The first kappa shape index (κ1) is 35.0. The van der Waals surface area contributed by atoms with Crippen LogP contribution in [-0.2, 0) is 9.59 Å². The fourth-order valence-electron chi connectivity index (χ4n) is 4.44. The molecule has 1 aromatic carbocycles. The van der Waals surface area contributed by atoms with Crippen molar-refractivity contribution in [3.63, 3.8) is 0 Å². The van der Waals surface area contributed by atoms with Gasteiger partial charge in [0, 0.05) is 30.4 Å². The maximum absolute atomic E-state index is 12.6. The lowest BCUT2D eigenvalue weighted by Gasteiger charge is -2.34. The molecule has 4 heterocycles. The number of urea groups is 1. The molecule has 0 radical (unpaired) electrons. The van der Waals surface area contributed by atoms with Crippen molar-refractivity contribution in [1.29, 1.82) is 0 Å². The molecule has 0 unspecified atom stereocenters. The Morgan fingerprint density at radius 3 is 1.96 bits per heavy atom. The van der Waals surface area contributed by atoms with E-state index in [1.807, 2.05) is 41.3 Å². The number of nitrogens with one attached hydrogen (secondary N) is 1. The van der Waals surface area contributed by atoms with Gasteiger partial charge in [0.05, 0.1) is 5.52 Å². The minimum atomic E-state index is -5.08. The number of pyridine rings is 1. The molecule has 246 valence electrons. The second-order valence-electron chi connectivity index (χ2n) is 10.2. The number of carboxylic acid groups (broad SMARTS) is 2. The number of aromatic nitrogens is 3. The molecular weight excluding hydrogens is 618 g/mol. The smallest absolute Gasteiger partial charge is 0.475 e. The van der Waals surface area contributed by atoms with E-state index in [4.69, 9.17) is 24.3 Å². The lowest BCUT2D eigenvalue weighted by Crippen LogP contribution is -2.50. The fourth-order valence-corrected chi connectivity index (χ4v) is 4.44. The van der Waals surface area contributed by atoms with Crippen molar-refractivity contribution >= 4 is 28.9 Å². The van der Waals surface area contributed by atoms with Crippen molar-refractivity contribution in [2.75, 3.05) is 33.2 Å². The largest absolute Gasteiger partial charge is 0.490 e. The molecule has 2 saturated heterocycles. The first-order valence-corrected chi connectivity index (χ1v) is 13.6. The third kappa shape index (κ3) is 10.6. The summed E-state index contributed by atoms with van der Waals surface area (Å²) in [7, 11) is 2.13. The van der Waals surface area contributed by atoms with E-state index in [0.717, 1.165) is 49.7 Å². The van der Waals surface area contributed by atoms with Gasteiger partial charge in [0.25, 0.3) is 0 Å². The van der Waals surface area contributed by atoms with E-state index in [2.05, 4.69) is 32.4 Å². The van der Waals surface area contributed by atoms with Gasteiger partial charge in [-0.05, 0) is 58.0 Å². The second-order valence-corrected chi connectivity index (χ2v) is 10.2. The highest BCUT2D eigenvalue weighted by molar-refractivity contribution is 5.80. The molecule has 0 aliphatic carbocycles. The van der Waals surface area contributed by atoms with Crippen molar-refractivity contribution in [3.8, 4) is 11.5 Å². The van der Waals surface area contributed by atoms with Gasteiger partial charge in [-0.2, -0.15) is 31.3 Å². The molecule has 0 spiro atoms. The van der Waals surface area contributed by atoms with Gasteiger partial charge in [-0.25, -0.2) is 19.4 Å². The summed E-state index contributed by atoms with van der Waals surface area (Å²) in [6.45, 7) is 3.49. The van der Waals surface area contributed by atoms with Crippen LogP contribution in [0, 0.1) is 0 Å². The zero-order valence-corrected chi connectivity index (χ0v) is 23.8. The third-order valence-electron chi connectivity index (χ3n) is 6.93. The van der Waals surface area contributed by atoms with Gasteiger partial charge >= 0.3 is 30.3 Å². The normalized spacial score (nSPS) is 16.6. The van der Waals surface area contributed by atoms with Gasteiger partial charge in [0.1, 0.15) is 5.69 Å². The third-order valence-corrected chi connectivity index (χ3v) is 6.93. The number of fused-ring (bicyclic) bond motifs is 1. The molecule has 0 bridgehead atoms. The molecule has 5 rings (SSSR count). The summed E-state index contributed by atoms with van der Waals surface area (Å²) < 4.78 is 69.0. The predicted molar refractivity (Wildman–Crippen MR) is 145 cm³/mol. The van der Waals surface area contributed by atoms with Crippen molar-refractivity contribution in [3.05, 3.63) is 42.3 Å². The number of carbonyl (C=O) groups excluding carboxylic acids is 1. The van der Waals surface area contributed by atoms with Crippen LogP contribution in [0.4, 0.5) is 31.1 Å². The number of amides is 2. The molecule has 3 aromatic rings. The Bertz CT molecular complexity index is 1430. The zero-order valence-electron chi connectivity index (χ0n) is 23.8. The van der Waals surface area contributed by atoms with E-state index in [1.54, 1.807) is 0 Å². The Morgan fingerprint density at radius 2 is 1.40 bits per heavy atom.